The third-order valence-corrected chi connectivity index (χ3v) is 3.19. The van der Waals surface area contributed by atoms with Crippen LogP contribution in [0.2, 0.25) is 5.02 Å². The van der Waals surface area contributed by atoms with Crippen molar-refractivity contribution in [2.45, 2.75) is 13.0 Å². The van der Waals surface area contributed by atoms with Gasteiger partial charge in [0.25, 0.3) is 0 Å². The minimum atomic E-state index is 0.300. The monoisotopic (exact) mass is 257 g/mol. The van der Waals surface area contributed by atoms with Crippen molar-refractivity contribution >= 4 is 23.2 Å². The maximum Gasteiger partial charge on any atom is 0.0453 e. The molecule has 1 rings (SSSR count). The molecule has 0 saturated carbocycles. The number of nitrogens with zero attached hydrogens (tertiary/aromatic N) is 1. The molecule has 0 heterocycles. The first-order valence-corrected chi connectivity index (χ1v) is 6.23. The zero-order chi connectivity index (χ0) is 12.0. The standard InChI is InChI=1S/C13H17Cl2N/c1-11(16(2)10-6-5-9-14)12-7-3-4-8-13(12)15/h3-8,11H,9-10H2,1-2H3. The van der Waals surface area contributed by atoms with Gasteiger partial charge in [-0.2, -0.15) is 0 Å². The molecule has 88 valence electrons. The number of hydrogen-bond donors (Lipinski definition) is 0. The molecule has 0 fully saturated rings. The van der Waals surface area contributed by atoms with Crippen molar-refractivity contribution in [3.8, 4) is 0 Å². The van der Waals surface area contributed by atoms with Crippen molar-refractivity contribution < 1.29 is 0 Å². The fourth-order valence-corrected chi connectivity index (χ4v) is 1.93. The van der Waals surface area contributed by atoms with Gasteiger partial charge in [0.2, 0.25) is 0 Å². The summed E-state index contributed by atoms with van der Waals surface area (Å²) in [6.07, 6.45) is 4.03. The van der Waals surface area contributed by atoms with Gasteiger partial charge >= 0.3 is 0 Å². The van der Waals surface area contributed by atoms with Crippen molar-refractivity contribution in [3.05, 3.63) is 47.0 Å². The first-order valence-electron chi connectivity index (χ1n) is 5.32. The van der Waals surface area contributed by atoms with Gasteiger partial charge in [0.15, 0.2) is 0 Å². The summed E-state index contributed by atoms with van der Waals surface area (Å²) in [7, 11) is 2.08. The molecule has 0 aliphatic carbocycles. The van der Waals surface area contributed by atoms with Gasteiger partial charge in [-0.25, -0.2) is 0 Å². The van der Waals surface area contributed by atoms with Crippen LogP contribution in [0, 0.1) is 0 Å². The fraction of sp³-hybridized carbons (Fsp3) is 0.385. The van der Waals surface area contributed by atoms with E-state index in [2.05, 4.69) is 31.0 Å². The van der Waals surface area contributed by atoms with Crippen LogP contribution in [0.25, 0.3) is 0 Å². The van der Waals surface area contributed by atoms with Crippen LogP contribution >= 0.6 is 23.2 Å². The molecule has 1 atom stereocenters. The Morgan fingerprint density at radius 2 is 2.00 bits per heavy atom. The zero-order valence-electron chi connectivity index (χ0n) is 9.66. The van der Waals surface area contributed by atoms with E-state index in [9.17, 15) is 0 Å². The Morgan fingerprint density at radius 1 is 1.31 bits per heavy atom. The Kier molecular flexibility index (Phi) is 5.89. The van der Waals surface area contributed by atoms with E-state index >= 15 is 0 Å². The van der Waals surface area contributed by atoms with Crippen LogP contribution < -0.4 is 0 Å². The van der Waals surface area contributed by atoms with Crippen molar-refractivity contribution in [2.24, 2.45) is 0 Å². The molecule has 1 nitrogen and oxygen atoms in total. The van der Waals surface area contributed by atoms with Gasteiger partial charge in [0.1, 0.15) is 0 Å². The van der Waals surface area contributed by atoms with Crippen LogP contribution in [0.1, 0.15) is 18.5 Å². The largest absolute Gasteiger partial charge is 0.296 e. The second-order valence-electron chi connectivity index (χ2n) is 3.76. The summed E-state index contributed by atoms with van der Waals surface area (Å²) < 4.78 is 0. The van der Waals surface area contributed by atoms with Gasteiger partial charge in [-0.1, -0.05) is 42.0 Å². The molecule has 0 aromatic heterocycles. The molecule has 0 spiro atoms. The number of halogens is 2. The molecule has 1 aromatic carbocycles. The van der Waals surface area contributed by atoms with Gasteiger partial charge < -0.3 is 0 Å². The molecule has 16 heavy (non-hydrogen) atoms. The molecule has 0 bridgehead atoms. The van der Waals surface area contributed by atoms with Crippen LogP contribution in [-0.2, 0) is 0 Å². The summed E-state index contributed by atoms with van der Waals surface area (Å²) >= 11 is 11.7. The maximum atomic E-state index is 6.16. The summed E-state index contributed by atoms with van der Waals surface area (Å²) in [5.74, 6) is 0.564. The summed E-state index contributed by atoms with van der Waals surface area (Å²) in [6, 6.07) is 8.25. The van der Waals surface area contributed by atoms with Crippen LogP contribution in [0.3, 0.4) is 0 Å². The lowest BCUT2D eigenvalue weighted by atomic mass is 10.1. The Bertz CT molecular complexity index is 350. The highest BCUT2D eigenvalue weighted by Gasteiger charge is 2.12. The molecule has 0 aliphatic rings. The third-order valence-electron chi connectivity index (χ3n) is 2.67. The third kappa shape index (κ3) is 3.82. The van der Waals surface area contributed by atoms with E-state index in [1.165, 1.54) is 0 Å². The minimum Gasteiger partial charge on any atom is -0.296 e. The van der Waals surface area contributed by atoms with E-state index in [1.54, 1.807) is 0 Å². The summed E-state index contributed by atoms with van der Waals surface area (Å²) in [5.41, 5.74) is 1.16. The van der Waals surface area contributed by atoms with Gasteiger partial charge in [-0.3, -0.25) is 4.90 Å². The van der Waals surface area contributed by atoms with Gasteiger partial charge in [0, 0.05) is 23.5 Å². The van der Waals surface area contributed by atoms with E-state index in [0.29, 0.717) is 11.9 Å². The van der Waals surface area contributed by atoms with Crippen LogP contribution in [0.4, 0.5) is 0 Å². The van der Waals surface area contributed by atoms with E-state index in [0.717, 1.165) is 17.1 Å². The Balaban J connectivity index is 2.66. The zero-order valence-corrected chi connectivity index (χ0v) is 11.2. The van der Waals surface area contributed by atoms with Gasteiger partial charge in [0.05, 0.1) is 0 Å². The average Bonchev–Trinajstić information content (AvgIpc) is 2.29. The lowest BCUT2D eigenvalue weighted by molar-refractivity contribution is 0.290. The Hall–Kier alpha value is -0.500. The number of rotatable bonds is 5. The van der Waals surface area contributed by atoms with E-state index in [4.69, 9.17) is 23.2 Å². The number of allylic oxidation sites excluding steroid dienone is 1. The first-order chi connectivity index (χ1) is 7.66. The first kappa shape index (κ1) is 13.6. The topological polar surface area (TPSA) is 3.24 Å². The molecular formula is C13H17Cl2N. The highest BCUT2D eigenvalue weighted by Crippen LogP contribution is 2.25. The van der Waals surface area contributed by atoms with E-state index < -0.39 is 0 Å². The van der Waals surface area contributed by atoms with E-state index in [1.807, 2.05) is 24.3 Å². The quantitative estimate of drug-likeness (QED) is 0.567. The molecule has 1 aromatic rings. The van der Waals surface area contributed by atoms with Crippen molar-refractivity contribution in [1.29, 1.82) is 0 Å². The van der Waals surface area contributed by atoms with Gasteiger partial charge in [-0.15, -0.1) is 11.6 Å². The SMILES string of the molecule is CC(c1ccccc1Cl)N(C)CC=CCCl. The maximum absolute atomic E-state index is 6.16. The molecule has 0 aliphatic heterocycles. The smallest absolute Gasteiger partial charge is 0.0453 e. The van der Waals surface area contributed by atoms with Gasteiger partial charge in [-0.05, 0) is 25.6 Å². The Morgan fingerprint density at radius 3 is 2.62 bits per heavy atom. The number of hydrogen-bond acceptors (Lipinski definition) is 1. The summed E-state index contributed by atoms with van der Waals surface area (Å²) in [6.45, 7) is 3.02. The number of benzene rings is 1. The lowest BCUT2D eigenvalue weighted by Gasteiger charge is -2.24. The van der Waals surface area contributed by atoms with Crippen LogP contribution in [0.15, 0.2) is 36.4 Å². The molecule has 1 unspecified atom stereocenters. The van der Waals surface area contributed by atoms with Crippen molar-refractivity contribution in [1.82, 2.24) is 4.90 Å². The molecule has 0 amide bonds. The number of alkyl halides is 1. The minimum absolute atomic E-state index is 0.300. The lowest BCUT2D eigenvalue weighted by Crippen LogP contribution is -2.22. The summed E-state index contributed by atoms with van der Waals surface area (Å²) in [4.78, 5) is 2.23. The van der Waals surface area contributed by atoms with Crippen molar-refractivity contribution in [3.63, 3.8) is 0 Å². The highest BCUT2D eigenvalue weighted by molar-refractivity contribution is 6.31. The normalized spacial score (nSPS) is 13.6. The second-order valence-corrected chi connectivity index (χ2v) is 4.48. The van der Waals surface area contributed by atoms with E-state index in [-0.39, 0.29) is 0 Å². The predicted octanol–water partition coefficient (Wildman–Crippen LogP) is 4.13. The van der Waals surface area contributed by atoms with Crippen LogP contribution in [-0.4, -0.2) is 24.4 Å². The Labute approximate surface area is 108 Å². The molecular weight excluding hydrogens is 241 g/mol. The molecule has 0 radical (unpaired) electrons. The highest BCUT2D eigenvalue weighted by atomic mass is 35.5. The van der Waals surface area contributed by atoms with Crippen molar-refractivity contribution in [2.75, 3.05) is 19.5 Å². The molecule has 3 heteroatoms. The predicted molar refractivity (Wildman–Crippen MR) is 72.4 cm³/mol. The fourth-order valence-electron chi connectivity index (χ4n) is 1.51. The summed E-state index contributed by atoms with van der Waals surface area (Å²) in [5, 5.41) is 0.822. The van der Waals surface area contributed by atoms with Crippen LogP contribution in [0.5, 0.6) is 0 Å². The second kappa shape index (κ2) is 6.95. The number of likely N-dealkylation sites (N-methyl/N-ethyl adjacent to an activating group) is 1. The average molecular weight is 258 g/mol. The molecule has 0 saturated heterocycles. The molecule has 0 N–H and O–H groups in total.